The maximum absolute atomic E-state index is 14.3. The van der Waals surface area contributed by atoms with Gasteiger partial charge in [-0.1, -0.05) is 72.3 Å². The van der Waals surface area contributed by atoms with E-state index >= 15 is 0 Å². The topological polar surface area (TPSA) is 39.1 Å². The summed E-state index contributed by atoms with van der Waals surface area (Å²) in [6.45, 7) is 1.99. The Morgan fingerprint density at radius 1 is 0.781 bits per heavy atom. The van der Waals surface area contributed by atoms with Gasteiger partial charge < -0.3 is 0 Å². The summed E-state index contributed by atoms with van der Waals surface area (Å²) in [7, 11) is 0. The third-order valence-corrected chi connectivity index (χ3v) is 7.30. The van der Waals surface area contributed by atoms with E-state index in [9.17, 15) is 9.59 Å². The van der Waals surface area contributed by atoms with Crippen molar-refractivity contribution < 1.29 is 4.79 Å². The normalized spacial score (nSPS) is 18.3. The van der Waals surface area contributed by atoms with Crippen LogP contribution in [0.15, 0.2) is 89.7 Å². The second-order valence-electron chi connectivity index (χ2n) is 9.01. The molecule has 2 aliphatic rings. The number of hydrogen-bond acceptors (Lipinski definition) is 2. The number of aryl methyl sites for hydroxylation is 1. The molecule has 3 heteroatoms. The van der Waals surface area contributed by atoms with E-state index in [2.05, 4.69) is 18.2 Å². The summed E-state index contributed by atoms with van der Waals surface area (Å²) in [5.74, 6) is 0.0915. The minimum atomic E-state index is -0.874. The van der Waals surface area contributed by atoms with Crippen molar-refractivity contribution in [1.82, 2.24) is 4.57 Å². The van der Waals surface area contributed by atoms with Crippen LogP contribution in [-0.2, 0) is 11.8 Å². The summed E-state index contributed by atoms with van der Waals surface area (Å²) in [5.41, 5.74) is 4.49. The van der Waals surface area contributed by atoms with Gasteiger partial charge in [0.05, 0.1) is 5.69 Å². The molecule has 2 heterocycles. The van der Waals surface area contributed by atoms with Crippen LogP contribution in [0.2, 0.25) is 0 Å². The number of aromatic nitrogens is 1. The number of pyridine rings is 1. The van der Waals surface area contributed by atoms with E-state index in [0.29, 0.717) is 11.8 Å². The van der Waals surface area contributed by atoms with Gasteiger partial charge in [0.25, 0.3) is 5.56 Å². The van der Waals surface area contributed by atoms with Gasteiger partial charge in [0.2, 0.25) is 0 Å². The summed E-state index contributed by atoms with van der Waals surface area (Å²) in [6, 6.07) is 28.1. The first-order valence-electron chi connectivity index (χ1n) is 10.9. The van der Waals surface area contributed by atoms with E-state index in [1.165, 1.54) is 0 Å². The molecule has 5 aromatic rings. The van der Waals surface area contributed by atoms with Gasteiger partial charge in [-0.2, -0.15) is 0 Å². The fraction of sp³-hybridized carbons (Fsp3) is 0.103. The molecular formula is C29H19NO2. The van der Waals surface area contributed by atoms with E-state index in [1.54, 1.807) is 4.57 Å². The van der Waals surface area contributed by atoms with Gasteiger partial charge in [-0.05, 0) is 58.8 Å². The lowest BCUT2D eigenvalue weighted by Gasteiger charge is -2.24. The lowest BCUT2D eigenvalue weighted by atomic mass is 9.75. The van der Waals surface area contributed by atoms with Gasteiger partial charge in [-0.25, -0.2) is 0 Å². The Kier molecular flexibility index (Phi) is 3.22. The molecule has 0 radical (unpaired) electrons. The Hall–Kier alpha value is -3.98. The SMILES string of the molecule is Cc1ccc2cc3n(c(=O)c2c1)-c1ccccc1C31Cc2ccc3ccccc3c2C1=O. The molecule has 0 amide bonds. The number of carbonyl (C=O) groups excluding carboxylic acids is 1. The fourth-order valence-electron chi connectivity index (χ4n) is 5.88. The highest BCUT2D eigenvalue weighted by molar-refractivity contribution is 6.19. The number of Topliss-reactive ketones (excluding diaryl/α,β-unsaturated/α-hetero) is 1. The highest BCUT2D eigenvalue weighted by atomic mass is 16.1. The number of benzene rings is 4. The highest BCUT2D eigenvalue weighted by Crippen LogP contribution is 2.52. The fourth-order valence-corrected chi connectivity index (χ4v) is 5.88. The number of rotatable bonds is 0. The average Bonchev–Trinajstić information content (AvgIpc) is 3.28. The molecule has 0 fully saturated rings. The van der Waals surface area contributed by atoms with Crippen molar-refractivity contribution in [3.8, 4) is 5.69 Å². The number of nitrogens with zero attached hydrogens (tertiary/aromatic N) is 1. The zero-order valence-electron chi connectivity index (χ0n) is 17.6. The minimum absolute atomic E-state index is 0.0564. The van der Waals surface area contributed by atoms with Crippen LogP contribution in [0.5, 0.6) is 0 Å². The van der Waals surface area contributed by atoms with E-state index in [-0.39, 0.29) is 11.3 Å². The van der Waals surface area contributed by atoms with E-state index < -0.39 is 5.41 Å². The van der Waals surface area contributed by atoms with Crippen molar-refractivity contribution in [2.24, 2.45) is 0 Å². The molecule has 1 atom stereocenters. The second kappa shape index (κ2) is 5.83. The van der Waals surface area contributed by atoms with E-state index in [0.717, 1.165) is 49.8 Å². The predicted octanol–water partition coefficient (Wildman–Crippen LogP) is 5.49. The van der Waals surface area contributed by atoms with Crippen molar-refractivity contribution in [3.63, 3.8) is 0 Å². The van der Waals surface area contributed by atoms with Gasteiger partial charge in [0.1, 0.15) is 5.41 Å². The largest absolute Gasteiger partial charge is 0.293 e. The molecule has 1 spiro atoms. The Morgan fingerprint density at radius 3 is 2.47 bits per heavy atom. The van der Waals surface area contributed by atoms with Crippen LogP contribution in [0.3, 0.4) is 0 Å². The molecule has 1 aliphatic heterocycles. The summed E-state index contributed by atoms with van der Waals surface area (Å²) in [6.07, 6.45) is 0.569. The lowest BCUT2D eigenvalue weighted by molar-refractivity contribution is 0.0931. The third kappa shape index (κ3) is 1.97. The van der Waals surface area contributed by atoms with Gasteiger partial charge in [0.15, 0.2) is 5.78 Å². The average molecular weight is 413 g/mol. The Morgan fingerprint density at radius 2 is 1.56 bits per heavy atom. The summed E-state index contributed by atoms with van der Waals surface area (Å²) in [4.78, 5) is 28.1. The van der Waals surface area contributed by atoms with Crippen molar-refractivity contribution in [2.45, 2.75) is 18.8 Å². The van der Waals surface area contributed by atoms with Crippen molar-refractivity contribution >= 4 is 27.3 Å². The van der Waals surface area contributed by atoms with Crippen molar-refractivity contribution in [1.29, 1.82) is 0 Å². The van der Waals surface area contributed by atoms with Gasteiger partial charge in [0, 0.05) is 16.6 Å². The smallest absolute Gasteiger partial charge is 0.263 e. The molecule has 4 aromatic carbocycles. The monoisotopic (exact) mass is 413 g/mol. The molecular weight excluding hydrogens is 394 g/mol. The molecule has 3 nitrogen and oxygen atoms in total. The number of fused-ring (bicyclic) bond motifs is 9. The maximum atomic E-state index is 14.3. The summed E-state index contributed by atoms with van der Waals surface area (Å²) < 4.78 is 1.78. The Balaban J connectivity index is 1.62. The van der Waals surface area contributed by atoms with Crippen LogP contribution in [0.4, 0.5) is 0 Å². The molecule has 32 heavy (non-hydrogen) atoms. The minimum Gasteiger partial charge on any atom is -0.293 e. The maximum Gasteiger partial charge on any atom is 0.263 e. The number of ketones is 1. The number of carbonyl (C=O) groups is 1. The molecule has 0 saturated carbocycles. The first-order valence-corrected chi connectivity index (χ1v) is 10.9. The van der Waals surface area contributed by atoms with Gasteiger partial charge in [-0.15, -0.1) is 0 Å². The van der Waals surface area contributed by atoms with Crippen LogP contribution in [-0.4, -0.2) is 10.4 Å². The quantitative estimate of drug-likeness (QED) is 0.337. The molecule has 152 valence electrons. The summed E-state index contributed by atoms with van der Waals surface area (Å²) >= 11 is 0. The van der Waals surface area contributed by atoms with Crippen molar-refractivity contribution in [2.75, 3.05) is 0 Å². The summed E-state index contributed by atoms with van der Waals surface area (Å²) in [5, 5.41) is 3.62. The van der Waals surface area contributed by atoms with Crippen LogP contribution < -0.4 is 5.56 Å². The molecule has 1 unspecified atom stereocenters. The molecule has 0 N–H and O–H groups in total. The van der Waals surface area contributed by atoms with Crippen molar-refractivity contribution in [3.05, 3.63) is 123 Å². The zero-order valence-corrected chi connectivity index (χ0v) is 17.6. The molecule has 1 aromatic heterocycles. The molecule has 0 bridgehead atoms. The Labute approximate surface area is 184 Å². The zero-order chi connectivity index (χ0) is 21.6. The highest BCUT2D eigenvalue weighted by Gasteiger charge is 2.55. The number of hydrogen-bond donors (Lipinski definition) is 0. The lowest BCUT2D eigenvalue weighted by Crippen LogP contribution is -2.34. The van der Waals surface area contributed by atoms with Crippen LogP contribution in [0.25, 0.3) is 27.2 Å². The van der Waals surface area contributed by atoms with Crippen LogP contribution in [0, 0.1) is 6.92 Å². The molecule has 1 aliphatic carbocycles. The molecule has 0 saturated heterocycles. The second-order valence-corrected chi connectivity index (χ2v) is 9.01. The predicted molar refractivity (Wildman–Crippen MR) is 127 cm³/mol. The van der Waals surface area contributed by atoms with Crippen LogP contribution >= 0.6 is 0 Å². The standard InChI is InChI=1S/C29H19NO2/c1-17-10-11-19-15-25-29(23-8-4-5-9-24(23)30(25)28(32)22(19)14-17)16-20-13-12-18-6-2-3-7-21(18)26(20)27(29)31/h2-15H,16H2,1H3. The number of para-hydroxylation sites is 1. The molecule has 7 rings (SSSR count). The van der Waals surface area contributed by atoms with Gasteiger partial charge in [-0.3, -0.25) is 14.2 Å². The first-order chi connectivity index (χ1) is 15.6. The van der Waals surface area contributed by atoms with Crippen LogP contribution in [0.1, 0.15) is 32.7 Å². The first kappa shape index (κ1) is 17.7. The van der Waals surface area contributed by atoms with E-state index in [1.807, 2.05) is 73.7 Å². The third-order valence-electron chi connectivity index (χ3n) is 7.30. The van der Waals surface area contributed by atoms with E-state index in [4.69, 9.17) is 0 Å². The van der Waals surface area contributed by atoms with Gasteiger partial charge >= 0.3 is 0 Å². The Bertz CT molecular complexity index is 1710.